The van der Waals surface area contributed by atoms with Gasteiger partial charge in [-0.1, -0.05) is 12.7 Å². The molecule has 2 nitrogen and oxygen atoms in total. The van der Waals surface area contributed by atoms with Crippen molar-refractivity contribution in [1.29, 1.82) is 0 Å². The molecular weight excluding hydrogens is 241 g/mol. The number of benzene rings is 2. The van der Waals surface area contributed by atoms with Gasteiger partial charge in [0.15, 0.2) is 0 Å². The van der Waals surface area contributed by atoms with Gasteiger partial charge < -0.3 is 4.74 Å². The second kappa shape index (κ2) is 6.50. The Morgan fingerprint density at radius 2 is 1.74 bits per heavy atom. The summed E-state index contributed by atoms with van der Waals surface area (Å²) in [6, 6.07) is 13.6. The molecule has 19 heavy (non-hydrogen) atoms. The molecule has 0 aromatic heterocycles. The standard InChI is InChI=1S/C16H14FNO/c1-2-11-19-16-9-3-13(4-10-16)12-18-15-7-5-14(17)6-8-15/h2-10,12H,1,11H2/b18-12+. The Hall–Kier alpha value is -2.42. The van der Waals surface area contributed by atoms with E-state index in [1.54, 1.807) is 24.4 Å². The van der Waals surface area contributed by atoms with Crippen LogP contribution >= 0.6 is 0 Å². The molecule has 0 atom stereocenters. The lowest BCUT2D eigenvalue weighted by molar-refractivity contribution is 0.363. The zero-order valence-corrected chi connectivity index (χ0v) is 10.4. The van der Waals surface area contributed by atoms with Gasteiger partial charge >= 0.3 is 0 Å². The fourth-order valence-electron chi connectivity index (χ4n) is 1.48. The topological polar surface area (TPSA) is 21.6 Å². The van der Waals surface area contributed by atoms with Gasteiger partial charge in [-0.3, -0.25) is 4.99 Å². The highest BCUT2D eigenvalue weighted by Gasteiger charge is 1.93. The van der Waals surface area contributed by atoms with Crippen LogP contribution in [0.1, 0.15) is 5.56 Å². The van der Waals surface area contributed by atoms with Crippen LogP contribution in [0.25, 0.3) is 0 Å². The van der Waals surface area contributed by atoms with Gasteiger partial charge in [-0.2, -0.15) is 0 Å². The Morgan fingerprint density at radius 1 is 1.05 bits per heavy atom. The fraction of sp³-hybridized carbons (Fsp3) is 0.0625. The van der Waals surface area contributed by atoms with Crippen molar-refractivity contribution < 1.29 is 9.13 Å². The summed E-state index contributed by atoms with van der Waals surface area (Å²) in [5, 5.41) is 0. The highest BCUT2D eigenvalue weighted by atomic mass is 19.1. The SMILES string of the molecule is C=CCOc1ccc(/C=N/c2ccc(F)cc2)cc1. The summed E-state index contributed by atoms with van der Waals surface area (Å²) >= 11 is 0. The second-order valence-electron chi connectivity index (χ2n) is 3.90. The zero-order chi connectivity index (χ0) is 13.5. The third-order valence-electron chi connectivity index (χ3n) is 2.44. The first-order valence-electron chi connectivity index (χ1n) is 5.91. The van der Waals surface area contributed by atoms with Gasteiger partial charge in [0.05, 0.1) is 5.69 Å². The molecule has 0 saturated carbocycles. The number of ether oxygens (including phenoxy) is 1. The first-order chi connectivity index (χ1) is 9.28. The second-order valence-corrected chi connectivity index (χ2v) is 3.90. The molecule has 2 rings (SSSR count). The molecule has 0 amide bonds. The minimum Gasteiger partial charge on any atom is -0.490 e. The van der Waals surface area contributed by atoms with Crippen molar-refractivity contribution in [3.8, 4) is 5.75 Å². The van der Waals surface area contributed by atoms with E-state index in [1.165, 1.54) is 12.1 Å². The molecule has 0 unspecified atom stereocenters. The van der Waals surface area contributed by atoms with Crippen LogP contribution < -0.4 is 4.74 Å². The van der Waals surface area contributed by atoms with E-state index in [2.05, 4.69) is 11.6 Å². The largest absolute Gasteiger partial charge is 0.490 e. The normalized spacial score (nSPS) is 10.6. The lowest BCUT2D eigenvalue weighted by atomic mass is 10.2. The van der Waals surface area contributed by atoms with E-state index in [4.69, 9.17) is 4.74 Å². The van der Waals surface area contributed by atoms with Crippen molar-refractivity contribution in [3.05, 3.63) is 72.6 Å². The average Bonchev–Trinajstić information content (AvgIpc) is 2.46. The van der Waals surface area contributed by atoms with Crippen LogP contribution in [0.3, 0.4) is 0 Å². The van der Waals surface area contributed by atoms with Gasteiger partial charge in [0, 0.05) is 6.21 Å². The van der Waals surface area contributed by atoms with Crippen molar-refractivity contribution in [2.45, 2.75) is 0 Å². The van der Waals surface area contributed by atoms with Crippen LogP contribution in [0.2, 0.25) is 0 Å². The molecule has 96 valence electrons. The number of nitrogens with zero attached hydrogens (tertiary/aromatic N) is 1. The molecule has 0 aliphatic heterocycles. The van der Waals surface area contributed by atoms with Gasteiger partial charge in [-0.15, -0.1) is 0 Å². The number of hydrogen-bond donors (Lipinski definition) is 0. The Labute approximate surface area is 111 Å². The molecule has 0 bridgehead atoms. The first kappa shape index (κ1) is 13.0. The lowest BCUT2D eigenvalue weighted by Gasteiger charge is -2.02. The lowest BCUT2D eigenvalue weighted by Crippen LogP contribution is -1.92. The number of halogens is 1. The molecule has 0 N–H and O–H groups in total. The highest BCUT2D eigenvalue weighted by Crippen LogP contribution is 2.14. The molecule has 3 heteroatoms. The maximum atomic E-state index is 12.7. The van der Waals surface area contributed by atoms with E-state index < -0.39 is 0 Å². The van der Waals surface area contributed by atoms with E-state index in [0.717, 1.165) is 11.3 Å². The maximum absolute atomic E-state index is 12.7. The Morgan fingerprint density at radius 3 is 2.37 bits per heavy atom. The molecular formula is C16H14FNO. The van der Waals surface area contributed by atoms with Crippen molar-refractivity contribution in [2.24, 2.45) is 4.99 Å². The Bertz CT molecular complexity index is 558. The summed E-state index contributed by atoms with van der Waals surface area (Å²) in [7, 11) is 0. The molecule has 0 aliphatic rings. The van der Waals surface area contributed by atoms with Crippen LogP contribution in [0.5, 0.6) is 5.75 Å². The summed E-state index contributed by atoms with van der Waals surface area (Å²) in [5.74, 6) is 0.529. The van der Waals surface area contributed by atoms with Gasteiger partial charge in [-0.25, -0.2) is 4.39 Å². The third-order valence-corrected chi connectivity index (χ3v) is 2.44. The number of hydrogen-bond acceptors (Lipinski definition) is 2. The van der Waals surface area contributed by atoms with Crippen molar-refractivity contribution in [2.75, 3.05) is 6.61 Å². The van der Waals surface area contributed by atoms with Gasteiger partial charge in [-0.05, 0) is 54.1 Å². The van der Waals surface area contributed by atoms with E-state index in [1.807, 2.05) is 24.3 Å². The molecule has 0 fully saturated rings. The van der Waals surface area contributed by atoms with Crippen LogP contribution in [-0.2, 0) is 0 Å². The monoisotopic (exact) mass is 255 g/mol. The summed E-state index contributed by atoms with van der Waals surface area (Å²) in [5.41, 5.74) is 1.67. The predicted molar refractivity (Wildman–Crippen MR) is 75.8 cm³/mol. The molecule has 2 aromatic carbocycles. The number of rotatable bonds is 5. The Kier molecular flexibility index (Phi) is 4.45. The quantitative estimate of drug-likeness (QED) is 0.581. The minimum absolute atomic E-state index is 0.261. The highest BCUT2D eigenvalue weighted by molar-refractivity contribution is 5.82. The van der Waals surface area contributed by atoms with Crippen LogP contribution in [-0.4, -0.2) is 12.8 Å². The van der Waals surface area contributed by atoms with Gasteiger partial charge in [0.2, 0.25) is 0 Å². The summed E-state index contributed by atoms with van der Waals surface area (Å²) in [6.45, 7) is 4.08. The van der Waals surface area contributed by atoms with E-state index >= 15 is 0 Å². The maximum Gasteiger partial charge on any atom is 0.123 e. The van der Waals surface area contributed by atoms with Crippen LogP contribution in [0.4, 0.5) is 10.1 Å². The predicted octanol–water partition coefficient (Wildman–Crippen LogP) is 4.14. The minimum atomic E-state index is -0.261. The molecule has 0 spiro atoms. The van der Waals surface area contributed by atoms with E-state index in [0.29, 0.717) is 12.3 Å². The Balaban J connectivity index is 2.02. The molecule has 2 aromatic rings. The molecule has 0 heterocycles. The number of aliphatic imine (C=N–C) groups is 1. The van der Waals surface area contributed by atoms with E-state index in [-0.39, 0.29) is 5.82 Å². The van der Waals surface area contributed by atoms with E-state index in [9.17, 15) is 4.39 Å². The average molecular weight is 255 g/mol. The molecule has 0 radical (unpaired) electrons. The first-order valence-corrected chi connectivity index (χ1v) is 5.91. The van der Waals surface area contributed by atoms with Gasteiger partial charge in [0.25, 0.3) is 0 Å². The molecule has 0 aliphatic carbocycles. The zero-order valence-electron chi connectivity index (χ0n) is 10.4. The third kappa shape index (κ3) is 4.07. The smallest absolute Gasteiger partial charge is 0.123 e. The van der Waals surface area contributed by atoms with Gasteiger partial charge in [0.1, 0.15) is 18.2 Å². The van der Waals surface area contributed by atoms with Crippen LogP contribution in [0.15, 0.2) is 66.2 Å². The molecule has 0 saturated heterocycles. The van der Waals surface area contributed by atoms with Crippen molar-refractivity contribution in [3.63, 3.8) is 0 Å². The fourth-order valence-corrected chi connectivity index (χ4v) is 1.48. The van der Waals surface area contributed by atoms with Crippen molar-refractivity contribution >= 4 is 11.9 Å². The summed E-state index contributed by atoms with van der Waals surface area (Å²) in [4.78, 5) is 4.26. The summed E-state index contributed by atoms with van der Waals surface area (Å²) in [6.07, 6.45) is 3.43. The summed E-state index contributed by atoms with van der Waals surface area (Å²) < 4.78 is 18.1. The van der Waals surface area contributed by atoms with Crippen molar-refractivity contribution in [1.82, 2.24) is 0 Å². The van der Waals surface area contributed by atoms with Crippen LogP contribution in [0, 0.1) is 5.82 Å².